The number of carbonyl (C=O) groups is 1. The molecule has 1 N–H and O–H groups in total. The first-order valence-electron chi connectivity index (χ1n) is 11.4. The van der Waals surface area contributed by atoms with Crippen molar-refractivity contribution < 1.29 is 14.3 Å². The van der Waals surface area contributed by atoms with Crippen molar-refractivity contribution in [2.75, 3.05) is 26.2 Å². The normalized spacial score (nSPS) is 13.6. The average Bonchev–Trinajstić information content (AvgIpc) is 3.37. The van der Waals surface area contributed by atoms with Crippen molar-refractivity contribution >= 4 is 17.5 Å². The van der Waals surface area contributed by atoms with E-state index < -0.39 is 0 Å². The summed E-state index contributed by atoms with van der Waals surface area (Å²) in [6.07, 6.45) is 2.46. The fourth-order valence-electron chi connectivity index (χ4n) is 3.86. The van der Waals surface area contributed by atoms with E-state index in [-0.39, 0.29) is 10.9 Å². The number of halogens is 1. The third kappa shape index (κ3) is 6.50. The number of hydrogen-bond donors (Lipinski definition) is 1. The van der Waals surface area contributed by atoms with Gasteiger partial charge in [0.2, 0.25) is 0 Å². The van der Waals surface area contributed by atoms with Gasteiger partial charge in [0.1, 0.15) is 13.2 Å². The van der Waals surface area contributed by atoms with Crippen LogP contribution in [0.1, 0.15) is 34.3 Å². The monoisotopic (exact) mass is 464 g/mol. The summed E-state index contributed by atoms with van der Waals surface area (Å²) in [6, 6.07) is 23.2. The highest BCUT2D eigenvalue weighted by Crippen LogP contribution is 2.38. The number of rotatable bonds is 10. The molecule has 0 atom stereocenters. The number of ether oxygens (including phenoxy) is 2. The minimum atomic E-state index is -0.210. The van der Waals surface area contributed by atoms with Crippen LogP contribution in [0.2, 0.25) is 5.02 Å². The van der Waals surface area contributed by atoms with Gasteiger partial charge < -0.3 is 19.7 Å². The van der Waals surface area contributed by atoms with Crippen molar-refractivity contribution in [2.45, 2.75) is 26.1 Å². The molecule has 33 heavy (non-hydrogen) atoms. The number of benzene rings is 3. The first-order valence-corrected chi connectivity index (χ1v) is 11.7. The summed E-state index contributed by atoms with van der Waals surface area (Å²) >= 11 is 6.69. The molecule has 0 saturated carbocycles. The molecule has 5 nitrogen and oxygen atoms in total. The molecule has 0 spiro atoms. The van der Waals surface area contributed by atoms with Crippen molar-refractivity contribution in [3.05, 3.63) is 94.5 Å². The minimum Gasteiger partial charge on any atom is -0.485 e. The first kappa shape index (κ1) is 23.1. The standard InChI is InChI=1S/C27H29ClN2O3/c28-25-23(27(31)29-15-18-30-16-7-8-17-30)13-14-24(32-19-21-9-3-1-4-10-21)26(25)33-20-22-11-5-2-6-12-22/h1-6,9-14H,7-8,15-20H2,(H,29,31). The van der Waals surface area contributed by atoms with Gasteiger partial charge in [0.05, 0.1) is 10.6 Å². The second kappa shape index (κ2) is 11.7. The molecule has 6 heteroatoms. The number of likely N-dealkylation sites (tertiary alicyclic amines) is 1. The number of carbonyl (C=O) groups excluding carboxylic acids is 1. The van der Waals surface area contributed by atoms with E-state index in [4.69, 9.17) is 21.1 Å². The number of amides is 1. The van der Waals surface area contributed by atoms with Crippen LogP contribution in [0.3, 0.4) is 0 Å². The van der Waals surface area contributed by atoms with Gasteiger partial charge in [-0.1, -0.05) is 72.3 Å². The van der Waals surface area contributed by atoms with E-state index in [1.807, 2.05) is 60.7 Å². The van der Waals surface area contributed by atoms with Crippen LogP contribution in [-0.2, 0) is 13.2 Å². The lowest BCUT2D eigenvalue weighted by Gasteiger charge is -2.18. The van der Waals surface area contributed by atoms with Crippen LogP contribution in [0.15, 0.2) is 72.8 Å². The molecule has 3 aromatic rings. The molecule has 4 rings (SSSR count). The van der Waals surface area contributed by atoms with E-state index in [9.17, 15) is 4.79 Å². The zero-order valence-electron chi connectivity index (χ0n) is 18.6. The largest absolute Gasteiger partial charge is 0.485 e. The summed E-state index contributed by atoms with van der Waals surface area (Å²) < 4.78 is 12.1. The Bertz CT molecular complexity index is 1040. The van der Waals surface area contributed by atoms with E-state index >= 15 is 0 Å². The van der Waals surface area contributed by atoms with E-state index in [0.717, 1.165) is 30.8 Å². The summed E-state index contributed by atoms with van der Waals surface area (Å²) in [6.45, 7) is 4.33. The molecule has 1 aliphatic rings. The van der Waals surface area contributed by atoms with Gasteiger partial charge in [0.15, 0.2) is 11.5 Å². The lowest BCUT2D eigenvalue weighted by atomic mass is 10.1. The van der Waals surface area contributed by atoms with Crippen LogP contribution in [0.4, 0.5) is 0 Å². The molecule has 1 aliphatic heterocycles. The van der Waals surface area contributed by atoms with Crippen LogP contribution >= 0.6 is 11.6 Å². The highest BCUT2D eigenvalue weighted by atomic mass is 35.5. The number of nitrogens with zero attached hydrogens (tertiary/aromatic N) is 1. The average molecular weight is 465 g/mol. The molecule has 3 aromatic carbocycles. The van der Waals surface area contributed by atoms with Crippen LogP contribution in [0.5, 0.6) is 11.5 Å². The molecule has 0 aliphatic carbocycles. The predicted octanol–water partition coefficient (Wildman–Crippen LogP) is 5.32. The van der Waals surface area contributed by atoms with Crippen molar-refractivity contribution in [3.8, 4) is 11.5 Å². The Morgan fingerprint density at radius 3 is 2.09 bits per heavy atom. The maximum absolute atomic E-state index is 12.8. The molecule has 1 heterocycles. The summed E-state index contributed by atoms with van der Waals surface area (Å²) in [5, 5.41) is 3.24. The first-order chi connectivity index (χ1) is 16.2. The van der Waals surface area contributed by atoms with Gasteiger partial charge in [-0.05, 0) is 49.2 Å². The topological polar surface area (TPSA) is 50.8 Å². The Balaban J connectivity index is 1.48. The Morgan fingerprint density at radius 1 is 0.848 bits per heavy atom. The lowest BCUT2D eigenvalue weighted by Crippen LogP contribution is -2.33. The molecule has 172 valence electrons. The van der Waals surface area contributed by atoms with Crippen LogP contribution in [0, 0.1) is 0 Å². The maximum atomic E-state index is 12.8. The third-order valence-corrected chi connectivity index (χ3v) is 6.06. The van der Waals surface area contributed by atoms with Crippen molar-refractivity contribution in [1.29, 1.82) is 0 Å². The number of hydrogen-bond acceptors (Lipinski definition) is 4. The summed E-state index contributed by atoms with van der Waals surface area (Å²) in [5.41, 5.74) is 2.42. The van der Waals surface area contributed by atoms with E-state index in [0.29, 0.717) is 36.8 Å². The van der Waals surface area contributed by atoms with Gasteiger partial charge in [-0.3, -0.25) is 4.79 Å². The Kier molecular flexibility index (Phi) is 8.23. The minimum absolute atomic E-state index is 0.210. The Labute approximate surface area is 200 Å². The fourth-order valence-corrected chi connectivity index (χ4v) is 4.15. The highest BCUT2D eigenvalue weighted by molar-refractivity contribution is 6.35. The smallest absolute Gasteiger partial charge is 0.252 e. The van der Waals surface area contributed by atoms with Crippen molar-refractivity contribution in [1.82, 2.24) is 10.2 Å². The SMILES string of the molecule is O=C(NCCN1CCCC1)c1ccc(OCc2ccccc2)c(OCc2ccccc2)c1Cl. The van der Waals surface area contributed by atoms with Crippen LogP contribution < -0.4 is 14.8 Å². The van der Waals surface area contributed by atoms with E-state index in [1.165, 1.54) is 12.8 Å². The lowest BCUT2D eigenvalue weighted by molar-refractivity contribution is 0.0949. The number of nitrogens with one attached hydrogen (secondary N) is 1. The van der Waals surface area contributed by atoms with Gasteiger partial charge in [0, 0.05) is 13.1 Å². The predicted molar refractivity (Wildman–Crippen MR) is 131 cm³/mol. The third-order valence-electron chi connectivity index (χ3n) is 5.68. The van der Waals surface area contributed by atoms with Gasteiger partial charge in [-0.2, -0.15) is 0 Å². The maximum Gasteiger partial charge on any atom is 0.252 e. The Morgan fingerprint density at radius 2 is 1.45 bits per heavy atom. The molecule has 0 unspecified atom stereocenters. The van der Waals surface area contributed by atoms with Gasteiger partial charge >= 0.3 is 0 Å². The second-order valence-electron chi connectivity index (χ2n) is 8.11. The van der Waals surface area contributed by atoms with Crippen LogP contribution in [-0.4, -0.2) is 37.0 Å². The van der Waals surface area contributed by atoms with Crippen molar-refractivity contribution in [3.63, 3.8) is 0 Å². The zero-order valence-corrected chi connectivity index (χ0v) is 19.4. The molecule has 0 aromatic heterocycles. The summed E-state index contributed by atoms with van der Waals surface area (Å²) in [4.78, 5) is 15.2. The van der Waals surface area contributed by atoms with Gasteiger partial charge in [-0.25, -0.2) is 0 Å². The van der Waals surface area contributed by atoms with E-state index in [2.05, 4.69) is 10.2 Å². The second-order valence-corrected chi connectivity index (χ2v) is 8.49. The van der Waals surface area contributed by atoms with Crippen molar-refractivity contribution in [2.24, 2.45) is 0 Å². The van der Waals surface area contributed by atoms with Crippen LogP contribution in [0.25, 0.3) is 0 Å². The quantitative estimate of drug-likeness (QED) is 0.441. The summed E-state index contributed by atoms with van der Waals surface area (Å²) in [7, 11) is 0. The molecule has 1 amide bonds. The van der Waals surface area contributed by atoms with E-state index in [1.54, 1.807) is 12.1 Å². The zero-order chi connectivity index (χ0) is 22.9. The molecule has 1 saturated heterocycles. The molecule has 0 radical (unpaired) electrons. The molecule has 0 bridgehead atoms. The highest BCUT2D eigenvalue weighted by Gasteiger charge is 2.20. The molecular formula is C27H29ClN2O3. The fraction of sp³-hybridized carbons (Fsp3) is 0.296. The van der Waals surface area contributed by atoms with Gasteiger partial charge in [0.25, 0.3) is 5.91 Å². The molecule has 1 fully saturated rings. The summed E-state index contributed by atoms with van der Waals surface area (Å²) in [5.74, 6) is 0.676. The van der Waals surface area contributed by atoms with Gasteiger partial charge in [-0.15, -0.1) is 0 Å². The molecular weight excluding hydrogens is 436 g/mol. The Hall–Kier alpha value is -3.02.